The smallest absolute Gasteiger partial charge is 0.315 e. The number of amides is 2. The summed E-state index contributed by atoms with van der Waals surface area (Å²) in [6.45, 7) is 5.24. The number of rotatable bonds is 4. The average Bonchev–Trinajstić information content (AvgIpc) is 2.80. The predicted molar refractivity (Wildman–Crippen MR) is 79.3 cm³/mol. The molecule has 2 aromatic rings. The molecule has 0 spiro atoms. The van der Waals surface area contributed by atoms with Crippen LogP contribution in [-0.4, -0.2) is 6.03 Å². The Kier molecular flexibility index (Phi) is 4.58. The molecule has 1 aromatic heterocycles. The lowest BCUT2D eigenvalue weighted by Gasteiger charge is -2.08. The minimum Gasteiger partial charge on any atom is -0.334 e. The first-order valence-corrected chi connectivity index (χ1v) is 7.13. The first-order chi connectivity index (χ1) is 9.15. The number of urea groups is 1. The van der Waals surface area contributed by atoms with Crippen molar-refractivity contribution in [2.75, 3.05) is 0 Å². The summed E-state index contributed by atoms with van der Waals surface area (Å²) in [6, 6.07) is 10.1. The van der Waals surface area contributed by atoms with E-state index in [9.17, 15) is 4.79 Å². The molecule has 0 aliphatic heterocycles. The van der Waals surface area contributed by atoms with Crippen molar-refractivity contribution in [1.29, 1.82) is 0 Å². The van der Waals surface area contributed by atoms with Gasteiger partial charge in [0.1, 0.15) is 0 Å². The van der Waals surface area contributed by atoms with Crippen molar-refractivity contribution in [2.45, 2.75) is 26.9 Å². The number of carbonyl (C=O) groups is 1. The lowest BCUT2D eigenvalue weighted by Crippen LogP contribution is -2.34. The van der Waals surface area contributed by atoms with Crippen molar-refractivity contribution >= 4 is 17.4 Å². The summed E-state index contributed by atoms with van der Waals surface area (Å²) in [5.74, 6) is 0. The van der Waals surface area contributed by atoms with Crippen LogP contribution in [0.5, 0.6) is 0 Å². The predicted octanol–water partition coefficient (Wildman–Crippen LogP) is 3.36. The summed E-state index contributed by atoms with van der Waals surface area (Å²) < 4.78 is 0. The highest BCUT2D eigenvalue weighted by Gasteiger charge is 2.03. The normalized spacial score (nSPS) is 10.2. The van der Waals surface area contributed by atoms with Gasteiger partial charge >= 0.3 is 6.03 Å². The molecule has 19 heavy (non-hydrogen) atoms. The fourth-order valence-corrected chi connectivity index (χ4v) is 2.66. The van der Waals surface area contributed by atoms with E-state index in [1.165, 1.54) is 16.0 Å². The second-order valence-electron chi connectivity index (χ2n) is 4.55. The summed E-state index contributed by atoms with van der Waals surface area (Å²) >= 11 is 1.67. The molecular formula is C15H18N2OS. The molecule has 2 rings (SSSR count). The first kappa shape index (κ1) is 13.6. The van der Waals surface area contributed by atoms with Crippen LogP contribution in [0.2, 0.25) is 0 Å². The van der Waals surface area contributed by atoms with Crippen molar-refractivity contribution in [3.63, 3.8) is 0 Å². The fraction of sp³-hybridized carbons (Fsp3) is 0.267. The van der Waals surface area contributed by atoms with E-state index in [-0.39, 0.29) is 6.03 Å². The molecular weight excluding hydrogens is 256 g/mol. The molecule has 0 aliphatic carbocycles. The topological polar surface area (TPSA) is 41.1 Å². The standard InChI is InChI=1S/C15H18N2OS/c1-11-4-3-5-13(8-11)9-16-15(18)17-10-14-12(2)6-7-19-14/h3-8H,9-10H2,1-2H3,(H2,16,17,18). The summed E-state index contributed by atoms with van der Waals surface area (Å²) in [5.41, 5.74) is 3.54. The number of benzene rings is 1. The molecule has 0 bridgehead atoms. The number of carbonyl (C=O) groups excluding carboxylic acids is 1. The highest BCUT2D eigenvalue weighted by atomic mass is 32.1. The molecule has 0 radical (unpaired) electrons. The van der Waals surface area contributed by atoms with E-state index in [4.69, 9.17) is 0 Å². The number of thiophene rings is 1. The number of hydrogen-bond donors (Lipinski definition) is 2. The Hall–Kier alpha value is -1.81. The van der Waals surface area contributed by atoms with Gasteiger partial charge in [-0.2, -0.15) is 0 Å². The van der Waals surface area contributed by atoms with Crippen LogP contribution < -0.4 is 10.6 Å². The van der Waals surface area contributed by atoms with E-state index in [1.54, 1.807) is 11.3 Å². The molecule has 4 heteroatoms. The molecule has 0 saturated heterocycles. The second kappa shape index (κ2) is 6.38. The quantitative estimate of drug-likeness (QED) is 0.882. The zero-order valence-electron chi connectivity index (χ0n) is 11.2. The van der Waals surface area contributed by atoms with E-state index in [1.807, 2.05) is 30.5 Å². The maximum Gasteiger partial charge on any atom is 0.315 e. The van der Waals surface area contributed by atoms with Gasteiger partial charge in [0, 0.05) is 11.4 Å². The molecule has 0 unspecified atom stereocenters. The fourth-order valence-electron chi connectivity index (χ4n) is 1.81. The van der Waals surface area contributed by atoms with Crippen molar-refractivity contribution in [1.82, 2.24) is 10.6 Å². The van der Waals surface area contributed by atoms with Gasteiger partial charge in [-0.15, -0.1) is 11.3 Å². The molecule has 100 valence electrons. The third-order valence-electron chi connectivity index (χ3n) is 2.91. The Balaban J connectivity index is 1.77. The maximum absolute atomic E-state index is 11.7. The Morgan fingerprint density at radius 3 is 2.63 bits per heavy atom. The van der Waals surface area contributed by atoms with E-state index in [0.717, 1.165) is 5.56 Å². The molecule has 0 aliphatic rings. The highest BCUT2D eigenvalue weighted by molar-refractivity contribution is 7.10. The van der Waals surface area contributed by atoms with Crippen LogP contribution >= 0.6 is 11.3 Å². The van der Waals surface area contributed by atoms with Crippen LogP contribution in [0.3, 0.4) is 0 Å². The molecule has 0 atom stereocenters. The van der Waals surface area contributed by atoms with Gasteiger partial charge in [0.05, 0.1) is 6.54 Å². The molecule has 0 fully saturated rings. The van der Waals surface area contributed by atoms with Crippen molar-refractivity contribution < 1.29 is 4.79 Å². The molecule has 2 amide bonds. The van der Waals surface area contributed by atoms with Crippen molar-refractivity contribution in [3.8, 4) is 0 Å². The van der Waals surface area contributed by atoms with Gasteiger partial charge in [-0.25, -0.2) is 4.79 Å². The first-order valence-electron chi connectivity index (χ1n) is 6.25. The number of aryl methyl sites for hydroxylation is 2. The lowest BCUT2D eigenvalue weighted by molar-refractivity contribution is 0.240. The van der Waals surface area contributed by atoms with Gasteiger partial charge < -0.3 is 10.6 Å². The Morgan fingerprint density at radius 1 is 1.16 bits per heavy atom. The van der Waals surface area contributed by atoms with E-state index in [2.05, 4.69) is 29.7 Å². The van der Waals surface area contributed by atoms with Crippen LogP contribution in [-0.2, 0) is 13.1 Å². The van der Waals surface area contributed by atoms with Gasteiger partial charge in [-0.3, -0.25) is 0 Å². The zero-order chi connectivity index (χ0) is 13.7. The SMILES string of the molecule is Cc1cccc(CNC(=O)NCc2sccc2C)c1. The van der Waals surface area contributed by atoms with E-state index < -0.39 is 0 Å². The van der Waals surface area contributed by atoms with Gasteiger partial charge in [0.2, 0.25) is 0 Å². The Labute approximate surface area is 117 Å². The van der Waals surface area contributed by atoms with Crippen molar-refractivity contribution in [3.05, 3.63) is 57.3 Å². The summed E-state index contributed by atoms with van der Waals surface area (Å²) in [7, 11) is 0. The van der Waals surface area contributed by atoms with Crippen LogP contribution in [0.25, 0.3) is 0 Å². The van der Waals surface area contributed by atoms with E-state index >= 15 is 0 Å². The van der Waals surface area contributed by atoms with Crippen LogP contribution in [0.15, 0.2) is 35.7 Å². The number of nitrogens with one attached hydrogen (secondary N) is 2. The summed E-state index contributed by atoms with van der Waals surface area (Å²) in [6.07, 6.45) is 0. The Bertz CT molecular complexity index is 563. The molecule has 2 N–H and O–H groups in total. The van der Waals surface area contributed by atoms with Crippen molar-refractivity contribution in [2.24, 2.45) is 0 Å². The molecule has 1 heterocycles. The third-order valence-corrected chi connectivity index (χ3v) is 3.94. The van der Waals surface area contributed by atoms with E-state index in [0.29, 0.717) is 13.1 Å². The van der Waals surface area contributed by atoms with Gasteiger partial charge in [-0.1, -0.05) is 29.8 Å². The second-order valence-corrected chi connectivity index (χ2v) is 5.55. The average molecular weight is 274 g/mol. The Morgan fingerprint density at radius 2 is 1.95 bits per heavy atom. The maximum atomic E-state index is 11.7. The molecule has 0 saturated carbocycles. The zero-order valence-corrected chi connectivity index (χ0v) is 12.0. The van der Waals surface area contributed by atoms with Crippen LogP contribution in [0.4, 0.5) is 4.79 Å². The highest BCUT2D eigenvalue weighted by Crippen LogP contribution is 2.14. The van der Waals surface area contributed by atoms with Gasteiger partial charge in [0.15, 0.2) is 0 Å². The largest absolute Gasteiger partial charge is 0.334 e. The minimum absolute atomic E-state index is 0.130. The molecule has 1 aromatic carbocycles. The van der Waals surface area contributed by atoms with Crippen LogP contribution in [0, 0.1) is 13.8 Å². The van der Waals surface area contributed by atoms with Gasteiger partial charge in [-0.05, 0) is 36.4 Å². The summed E-state index contributed by atoms with van der Waals surface area (Å²) in [4.78, 5) is 12.9. The lowest BCUT2D eigenvalue weighted by atomic mass is 10.1. The third kappa shape index (κ3) is 4.10. The van der Waals surface area contributed by atoms with Crippen LogP contribution in [0.1, 0.15) is 21.6 Å². The monoisotopic (exact) mass is 274 g/mol. The number of hydrogen-bond acceptors (Lipinski definition) is 2. The summed E-state index contributed by atoms with van der Waals surface area (Å²) in [5, 5.41) is 7.77. The van der Waals surface area contributed by atoms with Gasteiger partial charge in [0.25, 0.3) is 0 Å². The minimum atomic E-state index is -0.130. The molecule has 3 nitrogen and oxygen atoms in total.